The first-order valence-electron chi connectivity index (χ1n) is 6.83. The summed E-state index contributed by atoms with van der Waals surface area (Å²) in [7, 11) is 0. The Morgan fingerprint density at radius 3 is 2.56 bits per heavy atom. The molecule has 96 valence electrons. The van der Waals surface area contributed by atoms with Crippen LogP contribution in [0.5, 0.6) is 0 Å². The molecule has 2 aliphatic rings. The van der Waals surface area contributed by atoms with Gasteiger partial charge in [0.1, 0.15) is 5.54 Å². The second kappa shape index (κ2) is 4.30. The van der Waals surface area contributed by atoms with Gasteiger partial charge in [0.15, 0.2) is 0 Å². The van der Waals surface area contributed by atoms with Gasteiger partial charge in [-0.25, -0.2) is 0 Å². The van der Waals surface area contributed by atoms with E-state index in [1.165, 1.54) is 0 Å². The third-order valence-corrected chi connectivity index (χ3v) is 4.51. The van der Waals surface area contributed by atoms with Gasteiger partial charge in [-0.05, 0) is 43.7 Å². The molecule has 0 atom stereocenters. The van der Waals surface area contributed by atoms with Crippen LogP contribution in [-0.2, 0) is 4.79 Å². The van der Waals surface area contributed by atoms with E-state index >= 15 is 0 Å². The average Bonchev–Trinajstić information content (AvgIpc) is 2.72. The van der Waals surface area contributed by atoms with Crippen molar-refractivity contribution in [3.05, 3.63) is 30.3 Å². The summed E-state index contributed by atoms with van der Waals surface area (Å²) in [5.41, 5.74) is 0.874. The summed E-state index contributed by atoms with van der Waals surface area (Å²) < 4.78 is 0. The van der Waals surface area contributed by atoms with E-state index in [1.54, 1.807) is 0 Å². The number of anilines is 1. The highest BCUT2D eigenvalue weighted by atomic mass is 16.2. The number of hydrogen-bond donors (Lipinski definition) is 1. The molecule has 3 nitrogen and oxygen atoms in total. The van der Waals surface area contributed by atoms with Crippen LogP contribution in [0.15, 0.2) is 30.3 Å². The van der Waals surface area contributed by atoms with Crippen molar-refractivity contribution >= 4 is 11.6 Å². The van der Waals surface area contributed by atoms with Gasteiger partial charge in [0.05, 0.1) is 6.67 Å². The third-order valence-electron chi connectivity index (χ3n) is 4.51. The molecule has 1 saturated carbocycles. The van der Waals surface area contributed by atoms with Crippen LogP contribution < -0.4 is 10.2 Å². The number of hydrogen-bond acceptors (Lipinski definition) is 2. The molecule has 3 heteroatoms. The number of nitrogens with zero attached hydrogens (tertiary/aromatic N) is 1. The van der Waals surface area contributed by atoms with Gasteiger partial charge in [-0.2, -0.15) is 0 Å². The van der Waals surface area contributed by atoms with Crippen molar-refractivity contribution in [3.8, 4) is 0 Å². The van der Waals surface area contributed by atoms with Crippen LogP contribution in [0.25, 0.3) is 0 Å². The highest BCUT2D eigenvalue weighted by Gasteiger charge is 2.49. The van der Waals surface area contributed by atoms with Crippen LogP contribution >= 0.6 is 0 Å². The normalized spacial score (nSPS) is 31.7. The van der Waals surface area contributed by atoms with Gasteiger partial charge in [0, 0.05) is 5.69 Å². The van der Waals surface area contributed by atoms with E-state index in [1.807, 2.05) is 18.2 Å². The molecule has 0 aromatic heterocycles. The van der Waals surface area contributed by atoms with E-state index in [4.69, 9.17) is 0 Å². The molecule has 1 N–H and O–H groups in total. The monoisotopic (exact) mass is 244 g/mol. The van der Waals surface area contributed by atoms with Crippen molar-refractivity contribution in [2.45, 2.75) is 38.1 Å². The predicted molar refractivity (Wildman–Crippen MR) is 72.3 cm³/mol. The van der Waals surface area contributed by atoms with Crippen LogP contribution in [0.3, 0.4) is 0 Å². The van der Waals surface area contributed by atoms with Crippen molar-refractivity contribution in [2.24, 2.45) is 5.92 Å². The van der Waals surface area contributed by atoms with E-state index < -0.39 is 0 Å². The topological polar surface area (TPSA) is 32.3 Å². The molecular weight excluding hydrogens is 224 g/mol. The third kappa shape index (κ3) is 1.69. The smallest absolute Gasteiger partial charge is 0.247 e. The maximum Gasteiger partial charge on any atom is 0.247 e. The number of carbonyl (C=O) groups is 1. The molecule has 18 heavy (non-hydrogen) atoms. The SMILES string of the molecule is CC1CCC2(CC1)C(=O)NCN2c1ccccc1. The summed E-state index contributed by atoms with van der Waals surface area (Å²) in [6.45, 7) is 2.93. The first-order valence-corrected chi connectivity index (χ1v) is 6.83. The second-order valence-electron chi connectivity index (χ2n) is 5.64. The lowest BCUT2D eigenvalue weighted by molar-refractivity contribution is -0.124. The zero-order valence-corrected chi connectivity index (χ0v) is 10.9. The lowest BCUT2D eigenvalue weighted by atomic mass is 9.76. The molecule has 1 aliphatic carbocycles. The molecule has 0 radical (unpaired) electrons. The fourth-order valence-electron chi connectivity index (χ4n) is 3.27. The van der Waals surface area contributed by atoms with Gasteiger partial charge in [-0.3, -0.25) is 4.79 Å². The quantitative estimate of drug-likeness (QED) is 0.823. The fraction of sp³-hybridized carbons (Fsp3) is 0.533. The number of benzene rings is 1. The van der Waals surface area contributed by atoms with Crippen molar-refractivity contribution < 1.29 is 4.79 Å². The zero-order chi connectivity index (χ0) is 12.6. The van der Waals surface area contributed by atoms with Crippen LogP contribution in [0, 0.1) is 5.92 Å². The van der Waals surface area contributed by atoms with Gasteiger partial charge in [-0.1, -0.05) is 25.1 Å². The summed E-state index contributed by atoms with van der Waals surface area (Å²) >= 11 is 0. The Morgan fingerprint density at radius 2 is 1.89 bits per heavy atom. The summed E-state index contributed by atoms with van der Waals surface area (Å²) in [5, 5.41) is 3.03. The highest BCUT2D eigenvalue weighted by molar-refractivity contribution is 5.93. The van der Waals surface area contributed by atoms with Gasteiger partial charge in [-0.15, -0.1) is 0 Å². The Hall–Kier alpha value is -1.51. The molecule has 0 bridgehead atoms. The number of rotatable bonds is 1. The molecule has 1 amide bonds. The summed E-state index contributed by atoms with van der Waals surface area (Å²) in [4.78, 5) is 14.6. The molecule has 1 heterocycles. The minimum Gasteiger partial charge on any atom is -0.339 e. The Balaban J connectivity index is 1.93. The standard InChI is InChI=1S/C15H20N2O/c1-12-7-9-15(10-8-12)14(18)16-11-17(15)13-5-3-2-4-6-13/h2-6,12H,7-11H2,1H3,(H,16,18). The van der Waals surface area contributed by atoms with Crippen molar-refractivity contribution in [2.75, 3.05) is 11.6 Å². The second-order valence-corrected chi connectivity index (χ2v) is 5.64. The van der Waals surface area contributed by atoms with Gasteiger partial charge < -0.3 is 10.2 Å². The summed E-state index contributed by atoms with van der Waals surface area (Å²) in [6, 6.07) is 10.3. The average molecular weight is 244 g/mol. The van der Waals surface area contributed by atoms with Crippen LogP contribution in [0.1, 0.15) is 32.6 Å². The van der Waals surface area contributed by atoms with Gasteiger partial charge in [0.2, 0.25) is 5.91 Å². The largest absolute Gasteiger partial charge is 0.339 e. The van der Waals surface area contributed by atoms with E-state index in [-0.39, 0.29) is 11.4 Å². The zero-order valence-electron chi connectivity index (χ0n) is 10.9. The molecule has 1 saturated heterocycles. The molecule has 1 spiro atoms. The maximum absolute atomic E-state index is 12.3. The lowest BCUT2D eigenvalue weighted by Gasteiger charge is -2.41. The van der Waals surface area contributed by atoms with Crippen LogP contribution in [0.2, 0.25) is 0 Å². The molecule has 1 aromatic rings. The Morgan fingerprint density at radius 1 is 1.22 bits per heavy atom. The van der Waals surface area contributed by atoms with Crippen LogP contribution in [-0.4, -0.2) is 18.1 Å². The van der Waals surface area contributed by atoms with E-state index in [2.05, 4.69) is 29.3 Å². The lowest BCUT2D eigenvalue weighted by Crippen LogP contribution is -2.51. The summed E-state index contributed by atoms with van der Waals surface area (Å²) in [6.07, 6.45) is 4.26. The minimum atomic E-state index is -0.284. The van der Waals surface area contributed by atoms with E-state index in [0.29, 0.717) is 6.67 Å². The molecule has 3 rings (SSSR count). The maximum atomic E-state index is 12.3. The molecule has 2 fully saturated rings. The molecule has 1 aliphatic heterocycles. The van der Waals surface area contributed by atoms with E-state index in [0.717, 1.165) is 37.3 Å². The summed E-state index contributed by atoms with van der Waals surface area (Å²) in [5.74, 6) is 0.972. The number of para-hydroxylation sites is 1. The number of carbonyl (C=O) groups excluding carboxylic acids is 1. The van der Waals surface area contributed by atoms with Crippen LogP contribution in [0.4, 0.5) is 5.69 Å². The molecular formula is C15H20N2O. The minimum absolute atomic E-state index is 0.221. The number of nitrogens with one attached hydrogen (secondary N) is 1. The van der Waals surface area contributed by atoms with Gasteiger partial charge in [0.25, 0.3) is 0 Å². The first kappa shape index (κ1) is 11.6. The van der Waals surface area contributed by atoms with Crippen molar-refractivity contribution in [3.63, 3.8) is 0 Å². The Labute approximate surface area is 108 Å². The molecule has 0 unspecified atom stereocenters. The van der Waals surface area contributed by atoms with Crippen molar-refractivity contribution in [1.82, 2.24) is 5.32 Å². The first-order chi connectivity index (χ1) is 8.72. The highest BCUT2D eigenvalue weighted by Crippen LogP contribution is 2.40. The Kier molecular flexibility index (Phi) is 2.77. The predicted octanol–water partition coefficient (Wildman–Crippen LogP) is 2.53. The fourth-order valence-corrected chi connectivity index (χ4v) is 3.27. The van der Waals surface area contributed by atoms with Gasteiger partial charge >= 0.3 is 0 Å². The Bertz CT molecular complexity index is 435. The number of amides is 1. The van der Waals surface area contributed by atoms with E-state index in [9.17, 15) is 4.79 Å². The van der Waals surface area contributed by atoms with Crippen molar-refractivity contribution in [1.29, 1.82) is 0 Å². The molecule has 1 aromatic carbocycles.